The van der Waals surface area contributed by atoms with Crippen LogP contribution in [-0.2, 0) is 4.79 Å². The second-order valence-electron chi connectivity index (χ2n) is 5.40. The SMILES string of the molecule is C=C(/C=C(\C)C1CCNCC1)C(=O)NCCCCC. The van der Waals surface area contributed by atoms with Crippen molar-refractivity contribution in [1.29, 1.82) is 0 Å². The zero-order valence-corrected chi connectivity index (χ0v) is 12.4. The number of amides is 1. The van der Waals surface area contributed by atoms with Crippen LogP contribution in [0.3, 0.4) is 0 Å². The maximum atomic E-state index is 11.9. The largest absolute Gasteiger partial charge is 0.352 e. The van der Waals surface area contributed by atoms with Gasteiger partial charge in [0.25, 0.3) is 5.91 Å². The van der Waals surface area contributed by atoms with Crippen molar-refractivity contribution in [3.63, 3.8) is 0 Å². The molecule has 3 nitrogen and oxygen atoms in total. The molecule has 0 aromatic heterocycles. The molecule has 3 heteroatoms. The first-order valence-corrected chi connectivity index (χ1v) is 7.51. The zero-order valence-electron chi connectivity index (χ0n) is 12.4. The van der Waals surface area contributed by atoms with Gasteiger partial charge in [0.2, 0.25) is 0 Å². The average Bonchev–Trinajstić information content (AvgIpc) is 2.44. The van der Waals surface area contributed by atoms with E-state index in [1.54, 1.807) is 0 Å². The van der Waals surface area contributed by atoms with Crippen molar-refractivity contribution in [3.8, 4) is 0 Å². The highest BCUT2D eigenvalue weighted by Gasteiger charge is 2.15. The van der Waals surface area contributed by atoms with E-state index in [1.165, 1.54) is 12.0 Å². The molecule has 1 aliphatic rings. The van der Waals surface area contributed by atoms with Crippen LogP contribution in [0.5, 0.6) is 0 Å². The number of nitrogens with one attached hydrogen (secondary N) is 2. The molecule has 0 unspecified atom stereocenters. The fourth-order valence-electron chi connectivity index (χ4n) is 2.43. The van der Waals surface area contributed by atoms with Crippen molar-refractivity contribution >= 4 is 5.91 Å². The minimum absolute atomic E-state index is 0.0237. The molecule has 0 aromatic rings. The van der Waals surface area contributed by atoms with Crippen molar-refractivity contribution in [1.82, 2.24) is 10.6 Å². The molecule has 2 N–H and O–H groups in total. The lowest BCUT2D eigenvalue weighted by Gasteiger charge is -2.23. The van der Waals surface area contributed by atoms with Crippen molar-refractivity contribution in [2.24, 2.45) is 5.92 Å². The van der Waals surface area contributed by atoms with E-state index in [2.05, 4.69) is 31.1 Å². The molecule has 0 atom stereocenters. The van der Waals surface area contributed by atoms with E-state index in [1.807, 2.05) is 6.08 Å². The third kappa shape index (κ3) is 6.06. The lowest BCUT2D eigenvalue weighted by atomic mass is 9.90. The Hall–Kier alpha value is -1.09. The first-order chi connectivity index (χ1) is 9.15. The molecule has 1 fully saturated rings. The van der Waals surface area contributed by atoms with E-state index in [-0.39, 0.29) is 5.91 Å². The highest BCUT2D eigenvalue weighted by atomic mass is 16.1. The molecule has 0 aliphatic carbocycles. The molecule has 1 amide bonds. The molecule has 19 heavy (non-hydrogen) atoms. The summed E-state index contributed by atoms with van der Waals surface area (Å²) in [6, 6.07) is 0. The molecule has 1 aliphatic heterocycles. The fourth-order valence-corrected chi connectivity index (χ4v) is 2.43. The first-order valence-electron chi connectivity index (χ1n) is 7.51. The molecule has 0 aromatic carbocycles. The van der Waals surface area contributed by atoms with Crippen molar-refractivity contribution in [3.05, 3.63) is 23.8 Å². The van der Waals surface area contributed by atoms with E-state index in [0.717, 1.165) is 45.3 Å². The minimum Gasteiger partial charge on any atom is -0.352 e. The number of unbranched alkanes of at least 4 members (excludes halogenated alkanes) is 2. The zero-order chi connectivity index (χ0) is 14.1. The molecule has 0 radical (unpaired) electrons. The summed E-state index contributed by atoms with van der Waals surface area (Å²) in [7, 11) is 0. The topological polar surface area (TPSA) is 41.1 Å². The van der Waals surface area contributed by atoms with Crippen LogP contribution in [-0.4, -0.2) is 25.5 Å². The number of piperidine rings is 1. The summed E-state index contributed by atoms with van der Waals surface area (Å²) in [4.78, 5) is 11.9. The van der Waals surface area contributed by atoms with Gasteiger partial charge in [0.1, 0.15) is 0 Å². The number of rotatable bonds is 7. The monoisotopic (exact) mass is 264 g/mol. The van der Waals surface area contributed by atoms with Crippen molar-refractivity contribution in [2.45, 2.75) is 46.0 Å². The molecule has 1 heterocycles. The summed E-state index contributed by atoms with van der Waals surface area (Å²) in [5, 5.41) is 6.29. The Morgan fingerprint density at radius 2 is 2.05 bits per heavy atom. The Kier molecular flexibility index (Phi) is 7.49. The highest BCUT2D eigenvalue weighted by molar-refractivity contribution is 5.95. The Labute approximate surface area is 117 Å². The summed E-state index contributed by atoms with van der Waals surface area (Å²) in [5.41, 5.74) is 1.88. The minimum atomic E-state index is -0.0237. The van der Waals surface area contributed by atoms with Gasteiger partial charge in [0, 0.05) is 12.1 Å². The van der Waals surface area contributed by atoms with E-state index >= 15 is 0 Å². The van der Waals surface area contributed by atoms with Crippen molar-refractivity contribution < 1.29 is 4.79 Å². The van der Waals surface area contributed by atoms with E-state index in [9.17, 15) is 4.79 Å². The van der Waals surface area contributed by atoms with Gasteiger partial charge < -0.3 is 10.6 Å². The second-order valence-corrected chi connectivity index (χ2v) is 5.40. The van der Waals surface area contributed by atoms with Gasteiger partial charge >= 0.3 is 0 Å². The molecule has 108 valence electrons. The van der Waals surface area contributed by atoms with Gasteiger partial charge in [-0.3, -0.25) is 4.79 Å². The Morgan fingerprint density at radius 1 is 1.37 bits per heavy atom. The lowest BCUT2D eigenvalue weighted by molar-refractivity contribution is -0.117. The number of carbonyl (C=O) groups excluding carboxylic acids is 1. The summed E-state index contributed by atoms with van der Waals surface area (Å²) in [5.74, 6) is 0.579. The predicted octanol–water partition coefficient (Wildman–Crippen LogP) is 2.79. The third-order valence-corrected chi connectivity index (χ3v) is 3.74. The second kappa shape index (κ2) is 8.92. The van der Waals surface area contributed by atoms with E-state index < -0.39 is 0 Å². The van der Waals surface area contributed by atoms with Gasteiger partial charge in [-0.15, -0.1) is 0 Å². The molecular formula is C16H28N2O. The smallest absolute Gasteiger partial charge is 0.250 e. The van der Waals surface area contributed by atoms with Gasteiger partial charge in [-0.2, -0.15) is 0 Å². The van der Waals surface area contributed by atoms with Crippen LogP contribution in [0.4, 0.5) is 0 Å². The van der Waals surface area contributed by atoms with E-state index in [4.69, 9.17) is 0 Å². The number of allylic oxidation sites excluding steroid dienone is 1. The summed E-state index contributed by atoms with van der Waals surface area (Å²) in [6.07, 6.45) is 7.67. The van der Waals surface area contributed by atoms with Crippen LogP contribution in [0.2, 0.25) is 0 Å². The maximum absolute atomic E-state index is 11.9. The van der Waals surface area contributed by atoms with Gasteiger partial charge in [-0.05, 0) is 45.2 Å². The molecule has 1 saturated heterocycles. The Bertz CT molecular complexity index is 328. The van der Waals surface area contributed by atoms with Gasteiger partial charge in [0.15, 0.2) is 0 Å². The van der Waals surface area contributed by atoms with Crippen LogP contribution >= 0.6 is 0 Å². The van der Waals surface area contributed by atoms with Gasteiger partial charge in [0.05, 0.1) is 0 Å². The summed E-state index contributed by atoms with van der Waals surface area (Å²) < 4.78 is 0. The van der Waals surface area contributed by atoms with E-state index in [0.29, 0.717) is 11.5 Å². The summed E-state index contributed by atoms with van der Waals surface area (Å²) in [6.45, 7) is 11.1. The maximum Gasteiger partial charge on any atom is 0.250 e. The van der Waals surface area contributed by atoms with Crippen LogP contribution in [0.25, 0.3) is 0 Å². The Morgan fingerprint density at radius 3 is 2.68 bits per heavy atom. The normalized spacial score (nSPS) is 17.3. The molecule has 0 saturated carbocycles. The van der Waals surface area contributed by atoms with Gasteiger partial charge in [-0.25, -0.2) is 0 Å². The number of hydrogen-bond acceptors (Lipinski definition) is 2. The van der Waals surface area contributed by atoms with Gasteiger partial charge in [-0.1, -0.05) is 38.0 Å². The number of carbonyl (C=O) groups is 1. The molecule has 1 rings (SSSR count). The lowest BCUT2D eigenvalue weighted by Crippen LogP contribution is -2.28. The number of hydrogen-bond donors (Lipinski definition) is 2. The van der Waals surface area contributed by atoms with Crippen LogP contribution < -0.4 is 10.6 Å². The molecular weight excluding hydrogens is 236 g/mol. The standard InChI is InChI=1S/C16H28N2O/c1-4-5-6-9-18-16(19)14(3)12-13(2)15-7-10-17-11-8-15/h12,15,17H,3-11H2,1-2H3,(H,18,19)/b13-12+. The van der Waals surface area contributed by atoms with Crippen molar-refractivity contribution in [2.75, 3.05) is 19.6 Å². The molecule has 0 spiro atoms. The quantitative estimate of drug-likeness (QED) is 0.422. The Balaban J connectivity index is 2.36. The molecule has 0 bridgehead atoms. The average molecular weight is 264 g/mol. The summed E-state index contributed by atoms with van der Waals surface area (Å²) >= 11 is 0. The highest BCUT2D eigenvalue weighted by Crippen LogP contribution is 2.21. The van der Waals surface area contributed by atoms with Crippen LogP contribution in [0, 0.1) is 5.92 Å². The first kappa shape index (κ1) is 16.0. The van der Waals surface area contributed by atoms with Crippen LogP contribution in [0.15, 0.2) is 23.8 Å². The predicted molar refractivity (Wildman–Crippen MR) is 81.0 cm³/mol. The fraction of sp³-hybridized carbons (Fsp3) is 0.688. The van der Waals surface area contributed by atoms with Crippen LogP contribution in [0.1, 0.15) is 46.0 Å². The third-order valence-electron chi connectivity index (χ3n) is 3.74.